The van der Waals surface area contributed by atoms with E-state index in [1.54, 1.807) is 11.3 Å². The number of amides is 1. The van der Waals surface area contributed by atoms with Gasteiger partial charge in [0.05, 0.1) is 21.0 Å². The van der Waals surface area contributed by atoms with Crippen LogP contribution < -0.4 is 0 Å². The summed E-state index contributed by atoms with van der Waals surface area (Å²) < 4.78 is 6.86. The lowest BCUT2D eigenvalue weighted by Crippen LogP contribution is -2.38. The topological polar surface area (TPSA) is 72.1 Å². The second kappa shape index (κ2) is 7.24. The van der Waals surface area contributed by atoms with Gasteiger partial charge in [0.25, 0.3) is 5.22 Å². The van der Waals surface area contributed by atoms with Crippen molar-refractivity contribution in [2.45, 2.75) is 42.7 Å². The van der Waals surface area contributed by atoms with Gasteiger partial charge >= 0.3 is 0 Å². The van der Waals surface area contributed by atoms with Gasteiger partial charge in [-0.2, -0.15) is 0 Å². The fourth-order valence-electron chi connectivity index (χ4n) is 3.43. The monoisotopic (exact) mass is 400 g/mol. The first-order chi connectivity index (χ1) is 13.3. The maximum Gasteiger partial charge on any atom is 0.277 e. The van der Waals surface area contributed by atoms with Gasteiger partial charge in [0.1, 0.15) is 0 Å². The standard InChI is InChI=1S/C19H20N4O2S2/c24-16(11-26-19-22-21-17(25-19)12-5-6-12)23-9-7-13(8-10-23)18-20-14-3-1-2-4-15(14)27-18/h1-4,12-13H,5-11H2. The molecule has 0 radical (unpaired) electrons. The summed E-state index contributed by atoms with van der Waals surface area (Å²) >= 11 is 3.13. The van der Waals surface area contributed by atoms with Crippen molar-refractivity contribution >= 4 is 39.2 Å². The smallest absolute Gasteiger partial charge is 0.277 e. The number of rotatable bonds is 5. The van der Waals surface area contributed by atoms with E-state index in [4.69, 9.17) is 9.40 Å². The highest BCUT2D eigenvalue weighted by atomic mass is 32.2. The molecule has 2 aromatic heterocycles. The van der Waals surface area contributed by atoms with Crippen LogP contribution in [-0.2, 0) is 4.79 Å². The number of carbonyl (C=O) groups excluding carboxylic acids is 1. The number of para-hydroxylation sites is 1. The molecule has 2 fully saturated rings. The molecule has 5 rings (SSSR count). The van der Waals surface area contributed by atoms with Crippen LogP contribution in [0.4, 0.5) is 0 Å². The molecule has 3 aromatic rings. The van der Waals surface area contributed by atoms with Gasteiger partial charge < -0.3 is 9.32 Å². The Morgan fingerprint density at radius 1 is 1.15 bits per heavy atom. The van der Waals surface area contributed by atoms with E-state index < -0.39 is 0 Å². The lowest BCUT2D eigenvalue weighted by molar-refractivity contribution is -0.129. The number of thioether (sulfide) groups is 1. The van der Waals surface area contributed by atoms with Crippen molar-refractivity contribution < 1.29 is 9.21 Å². The summed E-state index contributed by atoms with van der Waals surface area (Å²) in [6.07, 6.45) is 4.22. The molecule has 2 aliphatic rings. The Kier molecular flexibility index (Phi) is 4.61. The number of hydrogen-bond donors (Lipinski definition) is 0. The van der Waals surface area contributed by atoms with Crippen LogP contribution in [0.25, 0.3) is 10.2 Å². The third-order valence-electron chi connectivity index (χ3n) is 5.18. The maximum absolute atomic E-state index is 12.5. The number of nitrogens with zero attached hydrogens (tertiary/aromatic N) is 4. The average Bonchev–Trinajstić information content (AvgIpc) is 3.29. The quantitative estimate of drug-likeness (QED) is 0.602. The molecule has 1 saturated heterocycles. The summed E-state index contributed by atoms with van der Waals surface area (Å²) in [7, 11) is 0. The second-order valence-electron chi connectivity index (χ2n) is 7.14. The highest BCUT2D eigenvalue weighted by molar-refractivity contribution is 7.99. The molecular weight excluding hydrogens is 380 g/mol. The highest BCUT2D eigenvalue weighted by Crippen LogP contribution is 2.40. The Morgan fingerprint density at radius 2 is 1.96 bits per heavy atom. The molecule has 0 N–H and O–H groups in total. The minimum atomic E-state index is 0.147. The zero-order valence-electron chi connectivity index (χ0n) is 14.8. The molecule has 1 aromatic carbocycles. The Bertz CT molecular complexity index is 924. The van der Waals surface area contributed by atoms with Crippen molar-refractivity contribution in [1.82, 2.24) is 20.1 Å². The van der Waals surface area contributed by atoms with Crippen molar-refractivity contribution in [3.63, 3.8) is 0 Å². The molecule has 0 bridgehead atoms. The molecule has 6 nitrogen and oxygen atoms in total. The molecule has 1 amide bonds. The van der Waals surface area contributed by atoms with Crippen molar-refractivity contribution in [3.8, 4) is 0 Å². The van der Waals surface area contributed by atoms with E-state index in [0.29, 0.717) is 22.8 Å². The normalized spacial score (nSPS) is 18.3. The molecule has 3 heterocycles. The lowest BCUT2D eigenvalue weighted by atomic mass is 9.97. The molecule has 0 spiro atoms. The number of aromatic nitrogens is 3. The van der Waals surface area contributed by atoms with Crippen LogP contribution in [0.2, 0.25) is 0 Å². The maximum atomic E-state index is 12.5. The van der Waals surface area contributed by atoms with Crippen LogP contribution in [-0.4, -0.2) is 44.8 Å². The summed E-state index contributed by atoms with van der Waals surface area (Å²) in [4.78, 5) is 19.3. The van der Waals surface area contributed by atoms with Crippen molar-refractivity contribution in [2.75, 3.05) is 18.8 Å². The Morgan fingerprint density at radius 3 is 2.74 bits per heavy atom. The van der Waals surface area contributed by atoms with E-state index in [0.717, 1.165) is 50.2 Å². The van der Waals surface area contributed by atoms with Gasteiger partial charge in [-0.1, -0.05) is 23.9 Å². The van der Waals surface area contributed by atoms with Crippen LogP contribution in [0.15, 0.2) is 33.9 Å². The fourth-order valence-corrected chi connectivity index (χ4v) is 5.24. The van der Waals surface area contributed by atoms with E-state index in [1.165, 1.54) is 21.5 Å². The van der Waals surface area contributed by atoms with Gasteiger partial charge in [0, 0.05) is 24.9 Å². The number of hydrogen-bond acceptors (Lipinski definition) is 7. The van der Waals surface area contributed by atoms with Crippen LogP contribution in [0, 0.1) is 0 Å². The van der Waals surface area contributed by atoms with Gasteiger partial charge in [-0.3, -0.25) is 4.79 Å². The van der Waals surface area contributed by atoms with Gasteiger partial charge in [-0.25, -0.2) is 4.98 Å². The number of benzene rings is 1. The molecular formula is C19H20N4O2S2. The summed E-state index contributed by atoms with van der Waals surface area (Å²) in [5.41, 5.74) is 1.08. The number of fused-ring (bicyclic) bond motifs is 1. The lowest BCUT2D eigenvalue weighted by Gasteiger charge is -2.31. The zero-order chi connectivity index (χ0) is 18.2. The number of thiazole rings is 1. The molecule has 140 valence electrons. The molecule has 8 heteroatoms. The van der Waals surface area contributed by atoms with E-state index in [1.807, 2.05) is 11.0 Å². The predicted molar refractivity (Wildman–Crippen MR) is 105 cm³/mol. The van der Waals surface area contributed by atoms with E-state index in [-0.39, 0.29) is 5.91 Å². The van der Waals surface area contributed by atoms with Crippen molar-refractivity contribution in [2.24, 2.45) is 0 Å². The number of carbonyl (C=O) groups is 1. The van der Waals surface area contributed by atoms with Gasteiger partial charge in [0.2, 0.25) is 11.8 Å². The number of likely N-dealkylation sites (tertiary alicyclic amines) is 1. The summed E-state index contributed by atoms with van der Waals surface area (Å²) in [5, 5.41) is 9.81. The van der Waals surface area contributed by atoms with E-state index in [9.17, 15) is 4.79 Å². The molecule has 0 unspecified atom stereocenters. The number of piperidine rings is 1. The van der Waals surface area contributed by atoms with Crippen LogP contribution in [0.5, 0.6) is 0 Å². The molecule has 27 heavy (non-hydrogen) atoms. The third-order valence-corrected chi connectivity index (χ3v) is 7.18. The summed E-state index contributed by atoms with van der Waals surface area (Å²) in [5.74, 6) is 2.13. The molecule has 0 atom stereocenters. The summed E-state index contributed by atoms with van der Waals surface area (Å²) in [6.45, 7) is 1.58. The van der Waals surface area contributed by atoms with Gasteiger partial charge in [0.15, 0.2) is 0 Å². The third kappa shape index (κ3) is 3.73. The minimum absolute atomic E-state index is 0.147. The zero-order valence-corrected chi connectivity index (χ0v) is 16.5. The van der Waals surface area contributed by atoms with E-state index in [2.05, 4.69) is 28.4 Å². The van der Waals surface area contributed by atoms with Gasteiger partial charge in [-0.05, 0) is 37.8 Å². The first-order valence-electron chi connectivity index (χ1n) is 9.36. The highest BCUT2D eigenvalue weighted by Gasteiger charge is 2.30. The first-order valence-corrected chi connectivity index (χ1v) is 11.2. The first kappa shape index (κ1) is 17.2. The van der Waals surface area contributed by atoms with Crippen molar-refractivity contribution in [1.29, 1.82) is 0 Å². The Hall–Kier alpha value is -1.93. The van der Waals surface area contributed by atoms with Crippen LogP contribution >= 0.6 is 23.1 Å². The molecule has 1 aliphatic carbocycles. The SMILES string of the molecule is O=C(CSc1nnc(C2CC2)o1)N1CCC(c2nc3ccccc3s2)CC1. The van der Waals surface area contributed by atoms with Crippen molar-refractivity contribution in [3.05, 3.63) is 35.2 Å². The molecule has 1 saturated carbocycles. The Balaban J connectivity index is 1.14. The largest absolute Gasteiger partial charge is 0.416 e. The average molecular weight is 401 g/mol. The molecule has 1 aliphatic heterocycles. The fraction of sp³-hybridized carbons (Fsp3) is 0.474. The second-order valence-corrected chi connectivity index (χ2v) is 9.13. The van der Waals surface area contributed by atoms with Crippen LogP contribution in [0.3, 0.4) is 0 Å². The predicted octanol–water partition coefficient (Wildman–Crippen LogP) is 4.06. The minimum Gasteiger partial charge on any atom is -0.416 e. The van der Waals surface area contributed by atoms with E-state index >= 15 is 0 Å². The summed E-state index contributed by atoms with van der Waals surface area (Å²) in [6, 6.07) is 8.28. The van der Waals surface area contributed by atoms with Gasteiger partial charge in [-0.15, -0.1) is 21.5 Å². The Labute approximate surface area is 165 Å². The van der Waals surface area contributed by atoms with Crippen LogP contribution in [0.1, 0.15) is 48.4 Å².